The molecule has 2 aromatic rings. The summed E-state index contributed by atoms with van der Waals surface area (Å²) in [5.74, 6) is -0.594. The highest BCUT2D eigenvalue weighted by Gasteiger charge is 2.15. The van der Waals surface area contributed by atoms with Crippen molar-refractivity contribution in [3.63, 3.8) is 0 Å². The zero-order chi connectivity index (χ0) is 16.8. The van der Waals surface area contributed by atoms with Gasteiger partial charge in [0.2, 0.25) is 0 Å². The van der Waals surface area contributed by atoms with Crippen LogP contribution in [0.2, 0.25) is 0 Å². The van der Waals surface area contributed by atoms with E-state index in [9.17, 15) is 9.59 Å². The summed E-state index contributed by atoms with van der Waals surface area (Å²) in [6.07, 6.45) is 1.81. The van der Waals surface area contributed by atoms with Gasteiger partial charge in [-0.2, -0.15) is 0 Å². The van der Waals surface area contributed by atoms with Gasteiger partial charge in [0.15, 0.2) is 0 Å². The maximum absolute atomic E-state index is 12.3. The number of benzene rings is 1. The van der Waals surface area contributed by atoms with Gasteiger partial charge >= 0.3 is 5.97 Å². The first-order chi connectivity index (χ1) is 11.0. The molecule has 0 spiro atoms. The smallest absolute Gasteiger partial charge is 0.338 e. The molecule has 0 saturated heterocycles. The first kappa shape index (κ1) is 17.1. The highest BCUT2D eigenvalue weighted by atomic mass is 32.1. The SMILES string of the molecule is CCCCOC(=O)c1cccc(NC(=O)c2sc(C)nc2C)c1. The minimum absolute atomic E-state index is 0.218. The summed E-state index contributed by atoms with van der Waals surface area (Å²) in [5.41, 5.74) is 1.70. The molecule has 0 aliphatic heterocycles. The number of aromatic nitrogens is 1. The quantitative estimate of drug-likeness (QED) is 0.642. The van der Waals surface area contributed by atoms with Crippen molar-refractivity contribution in [1.29, 1.82) is 0 Å². The Morgan fingerprint density at radius 2 is 2.09 bits per heavy atom. The van der Waals surface area contributed by atoms with Gasteiger partial charge in [0.05, 0.1) is 22.9 Å². The number of thiazole rings is 1. The number of unbranched alkanes of at least 4 members (excludes halogenated alkanes) is 1. The van der Waals surface area contributed by atoms with Crippen LogP contribution in [0, 0.1) is 13.8 Å². The highest BCUT2D eigenvalue weighted by molar-refractivity contribution is 7.13. The number of nitrogens with zero attached hydrogens (tertiary/aromatic N) is 1. The van der Waals surface area contributed by atoms with Crippen LogP contribution in [0.1, 0.15) is 50.5 Å². The third-order valence-electron chi connectivity index (χ3n) is 3.20. The predicted molar refractivity (Wildman–Crippen MR) is 91.2 cm³/mol. The highest BCUT2D eigenvalue weighted by Crippen LogP contribution is 2.19. The van der Waals surface area contributed by atoms with Crippen molar-refractivity contribution in [2.45, 2.75) is 33.6 Å². The summed E-state index contributed by atoms with van der Waals surface area (Å²) in [6, 6.07) is 6.75. The van der Waals surface area contributed by atoms with Gasteiger partial charge in [0.1, 0.15) is 4.88 Å². The first-order valence-electron chi connectivity index (χ1n) is 7.53. The summed E-state index contributed by atoms with van der Waals surface area (Å²) in [6.45, 7) is 6.11. The molecule has 0 aliphatic rings. The molecular weight excluding hydrogens is 312 g/mol. The van der Waals surface area contributed by atoms with E-state index in [1.807, 2.05) is 13.8 Å². The van der Waals surface area contributed by atoms with Crippen LogP contribution in [-0.2, 0) is 4.74 Å². The molecule has 0 saturated carbocycles. The van der Waals surface area contributed by atoms with Gasteiger partial charge in [-0.1, -0.05) is 19.4 Å². The molecule has 1 aromatic carbocycles. The summed E-state index contributed by atoms with van der Waals surface area (Å²) < 4.78 is 5.18. The Kier molecular flexibility index (Phi) is 5.87. The van der Waals surface area contributed by atoms with Crippen molar-refractivity contribution in [3.05, 3.63) is 45.4 Å². The number of nitrogens with one attached hydrogen (secondary N) is 1. The molecule has 5 nitrogen and oxygen atoms in total. The monoisotopic (exact) mass is 332 g/mol. The van der Waals surface area contributed by atoms with Gasteiger partial charge in [0.25, 0.3) is 5.91 Å². The summed E-state index contributed by atoms with van der Waals surface area (Å²) in [4.78, 5) is 29.1. The fraction of sp³-hybridized carbons (Fsp3) is 0.353. The average Bonchev–Trinajstić information content (AvgIpc) is 2.86. The third kappa shape index (κ3) is 4.63. The van der Waals surface area contributed by atoms with Gasteiger partial charge in [-0.25, -0.2) is 9.78 Å². The molecule has 1 amide bonds. The molecular formula is C17H20N2O3S. The molecule has 0 bridgehead atoms. The molecule has 23 heavy (non-hydrogen) atoms. The lowest BCUT2D eigenvalue weighted by Gasteiger charge is -2.07. The maximum atomic E-state index is 12.3. The van der Waals surface area contributed by atoms with Crippen molar-refractivity contribution < 1.29 is 14.3 Å². The van der Waals surface area contributed by atoms with Crippen LogP contribution in [0.15, 0.2) is 24.3 Å². The van der Waals surface area contributed by atoms with E-state index < -0.39 is 0 Å². The van der Waals surface area contributed by atoms with Gasteiger partial charge in [-0.3, -0.25) is 4.79 Å². The van der Waals surface area contributed by atoms with Crippen molar-refractivity contribution >= 4 is 28.9 Å². The Balaban J connectivity index is 2.06. The third-order valence-corrected chi connectivity index (χ3v) is 4.27. The lowest BCUT2D eigenvalue weighted by Crippen LogP contribution is -2.12. The summed E-state index contributed by atoms with van der Waals surface area (Å²) in [7, 11) is 0. The fourth-order valence-corrected chi connectivity index (χ4v) is 2.86. The number of hydrogen-bond donors (Lipinski definition) is 1. The van der Waals surface area contributed by atoms with Crippen LogP contribution >= 0.6 is 11.3 Å². The van der Waals surface area contributed by atoms with Crippen LogP contribution in [0.3, 0.4) is 0 Å². The van der Waals surface area contributed by atoms with Gasteiger partial charge in [-0.15, -0.1) is 11.3 Å². The first-order valence-corrected chi connectivity index (χ1v) is 8.35. The molecule has 122 valence electrons. The Morgan fingerprint density at radius 3 is 2.74 bits per heavy atom. The van der Waals surface area contributed by atoms with Crippen LogP contribution in [-0.4, -0.2) is 23.5 Å². The van der Waals surface area contributed by atoms with Crippen LogP contribution in [0.25, 0.3) is 0 Å². The van der Waals surface area contributed by atoms with E-state index in [2.05, 4.69) is 10.3 Å². The Bertz CT molecular complexity index is 710. The van der Waals surface area contributed by atoms with E-state index in [0.717, 1.165) is 17.8 Å². The second kappa shape index (κ2) is 7.87. The second-order valence-electron chi connectivity index (χ2n) is 5.17. The lowest BCUT2D eigenvalue weighted by molar-refractivity contribution is 0.0499. The number of anilines is 1. The van der Waals surface area contributed by atoms with Crippen molar-refractivity contribution in [2.75, 3.05) is 11.9 Å². The van der Waals surface area contributed by atoms with E-state index >= 15 is 0 Å². The second-order valence-corrected chi connectivity index (χ2v) is 6.38. The molecule has 0 atom stereocenters. The number of carbonyl (C=O) groups is 2. The van der Waals surface area contributed by atoms with E-state index in [0.29, 0.717) is 28.4 Å². The van der Waals surface area contributed by atoms with Gasteiger partial charge < -0.3 is 10.1 Å². The van der Waals surface area contributed by atoms with Gasteiger partial charge in [-0.05, 0) is 38.5 Å². The molecule has 1 aromatic heterocycles. The number of hydrogen-bond acceptors (Lipinski definition) is 5. The Morgan fingerprint density at radius 1 is 1.30 bits per heavy atom. The summed E-state index contributed by atoms with van der Waals surface area (Å²) in [5, 5.41) is 3.65. The Hall–Kier alpha value is -2.21. The summed E-state index contributed by atoms with van der Waals surface area (Å²) >= 11 is 1.35. The largest absolute Gasteiger partial charge is 0.462 e. The normalized spacial score (nSPS) is 10.4. The molecule has 0 radical (unpaired) electrons. The van der Waals surface area contributed by atoms with E-state index in [1.165, 1.54) is 11.3 Å². The topological polar surface area (TPSA) is 68.3 Å². The van der Waals surface area contributed by atoms with Crippen molar-refractivity contribution in [3.8, 4) is 0 Å². The Labute approximate surface area is 139 Å². The van der Waals surface area contributed by atoms with Gasteiger partial charge in [0, 0.05) is 5.69 Å². The molecule has 6 heteroatoms. The molecule has 1 N–H and O–H groups in total. The standard InChI is InChI=1S/C17H20N2O3S/c1-4-5-9-22-17(21)13-7-6-8-14(10-13)19-16(20)15-11(2)18-12(3)23-15/h6-8,10H,4-5,9H2,1-3H3,(H,19,20). The van der Waals surface area contributed by atoms with E-state index in [-0.39, 0.29) is 11.9 Å². The predicted octanol–water partition coefficient (Wildman–Crippen LogP) is 3.97. The number of amides is 1. The fourth-order valence-electron chi connectivity index (χ4n) is 2.05. The zero-order valence-corrected chi connectivity index (χ0v) is 14.3. The van der Waals surface area contributed by atoms with Crippen LogP contribution < -0.4 is 5.32 Å². The van der Waals surface area contributed by atoms with Crippen molar-refractivity contribution in [2.24, 2.45) is 0 Å². The zero-order valence-electron chi connectivity index (χ0n) is 13.5. The number of ether oxygens (including phenoxy) is 1. The molecule has 0 aliphatic carbocycles. The number of rotatable bonds is 6. The van der Waals surface area contributed by atoms with Crippen LogP contribution in [0.5, 0.6) is 0 Å². The van der Waals surface area contributed by atoms with Crippen molar-refractivity contribution in [1.82, 2.24) is 4.98 Å². The molecule has 0 fully saturated rings. The lowest BCUT2D eigenvalue weighted by atomic mass is 10.2. The van der Waals surface area contributed by atoms with E-state index in [4.69, 9.17) is 4.74 Å². The number of carbonyl (C=O) groups excluding carboxylic acids is 2. The molecule has 1 heterocycles. The molecule has 0 unspecified atom stereocenters. The maximum Gasteiger partial charge on any atom is 0.338 e. The number of esters is 1. The number of aryl methyl sites for hydroxylation is 2. The minimum atomic E-state index is -0.376. The average molecular weight is 332 g/mol. The minimum Gasteiger partial charge on any atom is -0.462 e. The molecule has 2 rings (SSSR count). The van der Waals surface area contributed by atoms with Crippen LogP contribution in [0.4, 0.5) is 5.69 Å². The van der Waals surface area contributed by atoms with E-state index in [1.54, 1.807) is 31.2 Å².